The number of nitrogens with one attached hydrogen (secondary N) is 1. The fourth-order valence-electron chi connectivity index (χ4n) is 3.73. The number of hydrogen-bond donors (Lipinski definition) is 2. The van der Waals surface area contributed by atoms with Gasteiger partial charge in [-0.1, -0.05) is 36.4 Å². The molecule has 0 amide bonds. The number of aromatic nitrogens is 6. The van der Waals surface area contributed by atoms with E-state index in [0.717, 1.165) is 16.3 Å². The number of nitrogens with zero attached hydrogens (tertiary/aromatic N) is 5. The Bertz CT molecular complexity index is 1530. The summed E-state index contributed by atoms with van der Waals surface area (Å²) in [4.78, 5) is 31.3. The summed E-state index contributed by atoms with van der Waals surface area (Å²) in [5, 5.41) is 19.9. The van der Waals surface area contributed by atoms with Crippen molar-refractivity contribution in [1.29, 1.82) is 0 Å². The van der Waals surface area contributed by atoms with E-state index >= 15 is 0 Å². The molecule has 154 valence electrons. The molecule has 31 heavy (non-hydrogen) atoms. The van der Waals surface area contributed by atoms with Gasteiger partial charge in [0.15, 0.2) is 5.52 Å². The van der Waals surface area contributed by atoms with E-state index in [1.807, 2.05) is 31.2 Å². The molecule has 0 aliphatic rings. The van der Waals surface area contributed by atoms with Crippen LogP contribution in [0.4, 0.5) is 0 Å². The lowest BCUT2D eigenvalue weighted by atomic mass is 10.0. The van der Waals surface area contributed by atoms with Crippen LogP contribution in [0.1, 0.15) is 34.6 Å². The van der Waals surface area contributed by atoms with Crippen LogP contribution in [-0.2, 0) is 0 Å². The molecule has 0 spiro atoms. The Morgan fingerprint density at radius 1 is 1.16 bits per heavy atom. The smallest absolute Gasteiger partial charge is 0.338 e. The monoisotopic (exact) mass is 414 g/mol. The number of hydrogen-bond acceptors (Lipinski definition) is 5. The van der Waals surface area contributed by atoms with E-state index in [0.29, 0.717) is 16.7 Å². The molecule has 9 heteroatoms. The molecule has 0 radical (unpaired) electrons. The van der Waals surface area contributed by atoms with Gasteiger partial charge in [0.2, 0.25) is 5.95 Å². The van der Waals surface area contributed by atoms with Crippen molar-refractivity contribution < 1.29 is 9.90 Å². The number of aryl methyl sites for hydroxylation is 1. The van der Waals surface area contributed by atoms with Gasteiger partial charge in [-0.3, -0.25) is 14.5 Å². The number of carboxylic acid groups (broad SMARTS) is 1. The fourth-order valence-corrected chi connectivity index (χ4v) is 3.73. The molecule has 0 bridgehead atoms. The van der Waals surface area contributed by atoms with Crippen molar-refractivity contribution in [2.75, 3.05) is 0 Å². The molecule has 3 heterocycles. The molecule has 5 aromatic rings. The van der Waals surface area contributed by atoms with E-state index in [4.69, 9.17) is 5.11 Å². The first-order valence-electron chi connectivity index (χ1n) is 9.68. The maximum Gasteiger partial charge on any atom is 0.338 e. The average Bonchev–Trinajstić information content (AvgIpc) is 3.39. The van der Waals surface area contributed by atoms with E-state index in [9.17, 15) is 9.59 Å². The van der Waals surface area contributed by atoms with E-state index in [-0.39, 0.29) is 23.1 Å². The highest BCUT2D eigenvalue weighted by atomic mass is 16.4. The van der Waals surface area contributed by atoms with Crippen LogP contribution < -0.4 is 5.56 Å². The van der Waals surface area contributed by atoms with Crippen molar-refractivity contribution in [2.45, 2.75) is 19.9 Å². The molecule has 2 N–H and O–H groups in total. The largest absolute Gasteiger partial charge is 0.478 e. The zero-order valence-electron chi connectivity index (χ0n) is 16.8. The van der Waals surface area contributed by atoms with Crippen LogP contribution >= 0.6 is 0 Å². The van der Waals surface area contributed by atoms with E-state index in [1.54, 1.807) is 11.6 Å². The lowest BCUT2D eigenvalue weighted by Gasteiger charge is -2.14. The number of aromatic amines is 1. The van der Waals surface area contributed by atoms with Gasteiger partial charge in [-0.2, -0.15) is 10.2 Å². The highest BCUT2D eigenvalue weighted by Crippen LogP contribution is 2.25. The molecule has 9 nitrogen and oxygen atoms in total. The molecule has 0 aliphatic heterocycles. The minimum Gasteiger partial charge on any atom is -0.478 e. The number of aromatic carboxylic acids is 1. The first-order chi connectivity index (χ1) is 14.9. The number of carbonyl (C=O) groups is 1. The lowest BCUT2D eigenvalue weighted by molar-refractivity contribution is 0.0697. The quantitative estimate of drug-likeness (QED) is 0.467. The molecule has 0 unspecified atom stereocenters. The second kappa shape index (κ2) is 6.91. The van der Waals surface area contributed by atoms with Gasteiger partial charge >= 0.3 is 5.97 Å². The summed E-state index contributed by atoms with van der Waals surface area (Å²) in [6.45, 7) is 3.77. The Morgan fingerprint density at radius 3 is 2.68 bits per heavy atom. The van der Waals surface area contributed by atoms with Gasteiger partial charge in [0, 0.05) is 6.20 Å². The topological polar surface area (TPSA) is 119 Å². The third-order valence-corrected chi connectivity index (χ3v) is 5.38. The number of H-pyrrole nitrogens is 1. The number of fused-ring (bicyclic) bond motifs is 2. The standard InChI is InChI=1S/C22H18N6O3/c1-12-18-19(20(29)25-22(24-18)27-11-17(10-23-27)21(30)31)28(26-12)13(2)15-8-7-14-5-3-4-6-16(14)9-15/h3-11,13H,1-2H3,(H,30,31)(H,24,25,29)/t13-/m0/s1. The van der Waals surface area contributed by atoms with Crippen LogP contribution in [0.2, 0.25) is 0 Å². The van der Waals surface area contributed by atoms with Gasteiger partial charge in [0.25, 0.3) is 5.56 Å². The SMILES string of the molecule is Cc1nn([C@@H](C)c2ccc3ccccc3c2)c2c(=O)[nH]c(-n3cc(C(=O)O)cn3)nc12. The zero-order chi connectivity index (χ0) is 21.7. The zero-order valence-corrected chi connectivity index (χ0v) is 16.8. The van der Waals surface area contributed by atoms with Crippen molar-refractivity contribution in [2.24, 2.45) is 0 Å². The molecular formula is C22H18N6O3. The minimum atomic E-state index is -1.11. The van der Waals surface area contributed by atoms with E-state index < -0.39 is 5.97 Å². The molecule has 0 saturated heterocycles. The average molecular weight is 414 g/mol. The molecule has 0 fully saturated rings. The predicted octanol–water partition coefficient (Wildman–Crippen LogP) is 3.07. The van der Waals surface area contributed by atoms with Crippen LogP contribution in [0.25, 0.3) is 27.8 Å². The molecule has 0 aliphatic carbocycles. The highest BCUT2D eigenvalue weighted by molar-refractivity contribution is 5.87. The van der Waals surface area contributed by atoms with Crippen LogP contribution in [-0.4, -0.2) is 40.6 Å². The molecule has 2 aromatic carbocycles. The summed E-state index contributed by atoms with van der Waals surface area (Å²) in [7, 11) is 0. The Balaban J connectivity index is 1.62. The van der Waals surface area contributed by atoms with Gasteiger partial charge in [-0.05, 0) is 36.2 Å². The van der Waals surface area contributed by atoms with Gasteiger partial charge in [-0.15, -0.1) is 0 Å². The number of carboxylic acids is 1. The second-order valence-electron chi connectivity index (χ2n) is 7.38. The first kappa shape index (κ1) is 18.7. The van der Waals surface area contributed by atoms with Crippen molar-refractivity contribution in [3.63, 3.8) is 0 Å². The molecule has 5 rings (SSSR count). The van der Waals surface area contributed by atoms with Gasteiger partial charge in [0.05, 0.1) is 23.5 Å². The van der Waals surface area contributed by atoms with Crippen LogP contribution in [0.3, 0.4) is 0 Å². The van der Waals surface area contributed by atoms with Gasteiger partial charge in [-0.25, -0.2) is 14.5 Å². The van der Waals surface area contributed by atoms with Crippen molar-refractivity contribution in [3.8, 4) is 5.95 Å². The Hall–Kier alpha value is -4.27. The minimum absolute atomic E-state index is 0.0000827. The molecule has 3 aromatic heterocycles. The summed E-state index contributed by atoms with van der Waals surface area (Å²) < 4.78 is 2.91. The molecule has 1 atom stereocenters. The summed E-state index contributed by atoms with van der Waals surface area (Å²) >= 11 is 0. The first-order valence-corrected chi connectivity index (χ1v) is 9.68. The lowest BCUT2D eigenvalue weighted by Crippen LogP contribution is -2.18. The van der Waals surface area contributed by atoms with Crippen molar-refractivity contribution >= 4 is 27.8 Å². The van der Waals surface area contributed by atoms with Crippen LogP contribution in [0.15, 0.2) is 59.7 Å². The molecule has 0 saturated carbocycles. The third kappa shape index (κ3) is 3.07. The number of rotatable bonds is 4. The van der Waals surface area contributed by atoms with Crippen molar-refractivity contribution in [1.82, 2.24) is 29.5 Å². The maximum absolute atomic E-state index is 13.0. The maximum atomic E-state index is 13.0. The number of benzene rings is 2. The van der Waals surface area contributed by atoms with Crippen molar-refractivity contribution in [3.05, 3.63) is 82.0 Å². The van der Waals surface area contributed by atoms with E-state index in [2.05, 4.69) is 38.4 Å². The predicted molar refractivity (Wildman–Crippen MR) is 115 cm³/mol. The van der Waals surface area contributed by atoms with Crippen LogP contribution in [0, 0.1) is 6.92 Å². The summed E-state index contributed by atoms with van der Waals surface area (Å²) in [5.41, 5.74) is 2.04. The Morgan fingerprint density at radius 2 is 1.94 bits per heavy atom. The van der Waals surface area contributed by atoms with Gasteiger partial charge in [0.1, 0.15) is 5.52 Å². The Labute approximate surface area is 175 Å². The summed E-state index contributed by atoms with van der Waals surface area (Å²) in [5.74, 6) is -0.978. The van der Waals surface area contributed by atoms with Crippen LogP contribution in [0.5, 0.6) is 0 Å². The van der Waals surface area contributed by atoms with E-state index in [1.165, 1.54) is 17.1 Å². The van der Waals surface area contributed by atoms with Gasteiger partial charge < -0.3 is 5.11 Å². The highest BCUT2D eigenvalue weighted by Gasteiger charge is 2.20. The fraction of sp³-hybridized carbons (Fsp3) is 0.136. The third-order valence-electron chi connectivity index (χ3n) is 5.38. The summed E-state index contributed by atoms with van der Waals surface area (Å²) in [6, 6.07) is 14.1. The second-order valence-corrected chi connectivity index (χ2v) is 7.38. The Kier molecular flexibility index (Phi) is 4.18. The molecular weight excluding hydrogens is 396 g/mol. The normalized spacial score (nSPS) is 12.5. The summed E-state index contributed by atoms with van der Waals surface area (Å²) in [6.07, 6.45) is 2.49.